The maximum atomic E-state index is 6.02. The first-order valence-electron chi connectivity index (χ1n) is 6.80. The quantitative estimate of drug-likeness (QED) is 0.834. The summed E-state index contributed by atoms with van der Waals surface area (Å²) < 4.78 is 5.67. The molecule has 0 aromatic heterocycles. The topological polar surface area (TPSA) is 38.5 Å². The fourth-order valence-corrected chi connectivity index (χ4v) is 4.07. The van der Waals surface area contributed by atoms with E-state index in [9.17, 15) is 0 Å². The first-order valence-corrected chi connectivity index (χ1v) is 7.85. The first kappa shape index (κ1) is 13.7. The first-order chi connectivity index (χ1) is 8.17. The summed E-state index contributed by atoms with van der Waals surface area (Å²) in [6.45, 7) is 9.56. The number of thioether (sulfide) groups is 1. The molecule has 2 aliphatic heterocycles. The third-order valence-corrected chi connectivity index (χ3v) is 5.73. The molecule has 100 valence electrons. The maximum Gasteiger partial charge on any atom is 0.0546 e. The van der Waals surface area contributed by atoms with E-state index in [1.807, 2.05) is 0 Å². The van der Waals surface area contributed by atoms with Crippen LogP contribution in [0, 0.1) is 5.41 Å². The molecule has 0 bridgehead atoms. The van der Waals surface area contributed by atoms with Crippen LogP contribution >= 0.6 is 11.8 Å². The molecule has 0 aromatic carbocycles. The highest BCUT2D eigenvalue weighted by Crippen LogP contribution is 2.32. The molecule has 3 nitrogen and oxygen atoms in total. The van der Waals surface area contributed by atoms with Gasteiger partial charge in [0.05, 0.1) is 6.61 Å². The summed E-state index contributed by atoms with van der Waals surface area (Å²) in [4.78, 5) is 2.63. The Morgan fingerprint density at radius 2 is 2.29 bits per heavy atom. The van der Waals surface area contributed by atoms with Crippen molar-refractivity contribution >= 4 is 11.8 Å². The molecule has 2 saturated heterocycles. The van der Waals surface area contributed by atoms with Crippen LogP contribution in [0.4, 0.5) is 0 Å². The fraction of sp³-hybridized carbons (Fsp3) is 1.00. The fourth-order valence-electron chi connectivity index (χ4n) is 2.91. The van der Waals surface area contributed by atoms with Gasteiger partial charge in [-0.1, -0.05) is 6.92 Å². The van der Waals surface area contributed by atoms with Crippen molar-refractivity contribution in [3.05, 3.63) is 0 Å². The molecule has 3 unspecified atom stereocenters. The van der Waals surface area contributed by atoms with Gasteiger partial charge in [0.25, 0.3) is 0 Å². The van der Waals surface area contributed by atoms with Crippen molar-refractivity contribution in [2.75, 3.05) is 38.6 Å². The third kappa shape index (κ3) is 3.16. The number of hydrogen-bond acceptors (Lipinski definition) is 4. The predicted octanol–water partition coefficient (Wildman–Crippen LogP) is 1.57. The lowest BCUT2D eigenvalue weighted by molar-refractivity contribution is -0.0270. The summed E-state index contributed by atoms with van der Waals surface area (Å²) in [7, 11) is 0. The molecule has 3 atom stereocenters. The van der Waals surface area contributed by atoms with Gasteiger partial charge in [-0.25, -0.2) is 0 Å². The van der Waals surface area contributed by atoms with E-state index in [4.69, 9.17) is 10.5 Å². The zero-order valence-electron chi connectivity index (χ0n) is 11.2. The van der Waals surface area contributed by atoms with Gasteiger partial charge in [0.1, 0.15) is 0 Å². The van der Waals surface area contributed by atoms with Gasteiger partial charge in [0.2, 0.25) is 0 Å². The Labute approximate surface area is 109 Å². The van der Waals surface area contributed by atoms with Crippen molar-refractivity contribution < 1.29 is 4.74 Å². The zero-order chi connectivity index (χ0) is 12.3. The van der Waals surface area contributed by atoms with Crippen LogP contribution in [0.1, 0.15) is 26.7 Å². The van der Waals surface area contributed by atoms with E-state index in [1.165, 1.54) is 25.1 Å². The van der Waals surface area contributed by atoms with Gasteiger partial charge < -0.3 is 10.5 Å². The maximum absolute atomic E-state index is 6.02. The number of hydrogen-bond donors (Lipinski definition) is 1. The van der Waals surface area contributed by atoms with Crippen LogP contribution in [0.5, 0.6) is 0 Å². The Kier molecular flexibility index (Phi) is 4.75. The molecule has 0 spiro atoms. The normalized spacial score (nSPS) is 40.4. The number of rotatable bonds is 3. The van der Waals surface area contributed by atoms with E-state index in [1.54, 1.807) is 0 Å². The Bertz CT molecular complexity index is 244. The van der Waals surface area contributed by atoms with Crippen LogP contribution in [-0.4, -0.2) is 54.8 Å². The molecule has 2 aliphatic rings. The highest BCUT2D eigenvalue weighted by Gasteiger charge is 2.36. The Balaban J connectivity index is 1.97. The van der Waals surface area contributed by atoms with E-state index in [0.717, 1.165) is 31.6 Å². The Morgan fingerprint density at radius 1 is 1.47 bits per heavy atom. The molecule has 0 amide bonds. The summed E-state index contributed by atoms with van der Waals surface area (Å²) in [5.74, 6) is 1.26. The number of nitrogens with zero attached hydrogens (tertiary/aromatic N) is 1. The summed E-state index contributed by atoms with van der Waals surface area (Å²) in [6, 6.07) is 0.666. The number of nitrogens with two attached hydrogens (primary N) is 1. The second-order valence-corrected chi connectivity index (χ2v) is 7.13. The summed E-state index contributed by atoms with van der Waals surface area (Å²) >= 11 is 2.09. The summed E-state index contributed by atoms with van der Waals surface area (Å²) in [5, 5.41) is 0.739. The summed E-state index contributed by atoms with van der Waals surface area (Å²) in [5.41, 5.74) is 6.24. The minimum atomic E-state index is 0.217. The molecule has 2 heterocycles. The molecule has 2 N–H and O–H groups in total. The molecule has 0 aromatic rings. The van der Waals surface area contributed by atoms with Gasteiger partial charge in [-0.2, -0.15) is 11.8 Å². The van der Waals surface area contributed by atoms with Gasteiger partial charge in [-0.3, -0.25) is 4.90 Å². The molecule has 2 fully saturated rings. The standard InChI is InChI=1S/C13H26N2OS/c1-11-12(2)17-7-5-15(11)9-13(8-14)4-3-6-16-10-13/h11-12H,3-10,14H2,1-2H3. The van der Waals surface area contributed by atoms with Crippen LogP contribution in [0.3, 0.4) is 0 Å². The van der Waals surface area contributed by atoms with E-state index in [0.29, 0.717) is 6.04 Å². The Hall–Kier alpha value is 0.230. The second-order valence-electron chi connectivity index (χ2n) is 5.65. The molecular weight excluding hydrogens is 232 g/mol. The molecule has 17 heavy (non-hydrogen) atoms. The highest BCUT2D eigenvalue weighted by molar-refractivity contribution is 8.00. The van der Waals surface area contributed by atoms with Crippen LogP contribution in [0.15, 0.2) is 0 Å². The second kappa shape index (κ2) is 5.91. The lowest BCUT2D eigenvalue weighted by Gasteiger charge is -2.45. The average molecular weight is 258 g/mol. The molecule has 0 aliphatic carbocycles. The lowest BCUT2D eigenvalue weighted by atomic mass is 9.81. The zero-order valence-corrected chi connectivity index (χ0v) is 12.0. The van der Waals surface area contributed by atoms with Crippen LogP contribution in [0.2, 0.25) is 0 Å². The SMILES string of the molecule is CC1SCCN(CC2(CN)CCCOC2)C1C. The van der Waals surface area contributed by atoms with Gasteiger partial charge in [0.15, 0.2) is 0 Å². The highest BCUT2D eigenvalue weighted by atomic mass is 32.2. The van der Waals surface area contributed by atoms with E-state index in [2.05, 4.69) is 30.5 Å². The number of ether oxygens (including phenoxy) is 1. The molecule has 2 rings (SSSR count). The van der Waals surface area contributed by atoms with Crippen LogP contribution in [0.25, 0.3) is 0 Å². The smallest absolute Gasteiger partial charge is 0.0546 e. The minimum Gasteiger partial charge on any atom is -0.381 e. The van der Waals surface area contributed by atoms with Crippen molar-refractivity contribution in [1.82, 2.24) is 4.90 Å². The lowest BCUT2D eigenvalue weighted by Crippen LogP contribution is -2.53. The van der Waals surface area contributed by atoms with Gasteiger partial charge in [0, 0.05) is 48.7 Å². The van der Waals surface area contributed by atoms with Crippen LogP contribution < -0.4 is 5.73 Å². The molecule has 0 saturated carbocycles. The van der Waals surface area contributed by atoms with Crippen molar-refractivity contribution in [3.8, 4) is 0 Å². The largest absolute Gasteiger partial charge is 0.381 e. The third-order valence-electron chi connectivity index (χ3n) is 4.39. The molecule has 4 heteroatoms. The summed E-state index contributed by atoms with van der Waals surface area (Å²) in [6.07, 6.45) is 2.40. The predicted molar refractivity (Wildman–Crippen MR) is 74.5 cm³/mol. The molecule has 0 radical (unpaired) electrons. The van der Waals surface area contributed by atoms with Gasteiger partial charge >= 0.3 is 0 Å². The monoisotopic (exact) mass is 258 g/mol. The van der Waals surface area contributed by atoms with E-state index < -0.39 is 0 Å². The van der Waals surface area contributed by atoms with Crippen molar-refractivity contribution in [1.29, 1.82) is 0 Å². The van der Waals surface area contributed by atoms with Crippen molar-refractivity contribution in [3.63, 3.8) is 0 Å². The van der Waals surface area contributed by atoms with E-state index >= 15 is 0 Å². The average Bonchev–Trinajstić information content (AvgIpc) is 2.36. The Morgan fingerprint density at radius 3 is 2.94 bits per heavy atom. The van der Waals surface area contributed by atoms with Gasteiger partial charge in [-0.15, -0.1) is 0 Å². The van der Waals surface area contributed by atoms with Gasteiger partial charge in [-0.05, 0) is 19.8 Å². The van der Waals surface area contributed by atoms with Crippen LogP contribution in [-0.2, 0) is 4.74 Å². The molecular formula is C13H26N2OS. The van der Waals surface area contributed by atoms with Crippen molar-refractivity contribution in [2.24, 2.45) is 11.1 Å². The van der Waals surface area contributed by atoms with Crippen molar-refractivity contribution in [2.45, 2.75) is 38.0 Å². The minimum absolute atomic E-state index is 0.217. The van der Waals surface area contributed by atoms with E-state index in [-0.39, 0.29) is 5.41 Å².